The molecule has 196 valence electrons. The SMILES string of the molecule is O=C(O)OC1OCCOCCOC(OC(=O)O)C(OC(=O)O)OCCOCCOC1OC(=O)O. The molecule has 18 nitrogen and oxygen atoms in total. The van der Waals surface area contributed by atoms with E-state index in [1.54, 1.807) is 0 Å². The van der Waals surface area contributed by atoms with Gasteiger partial charge in [-0.05, 0) is 0 Å². The molecule has 0 bridgehead atoms. The highest BCUT2D eigenvalue weighted by atomic mass is 16.8. The molecule has 0 spiro atoms. The average molecular weight is 504 g/mol. The molecule has 1 saturated heterocycles. The maximum atomic E-state index is 10.9. The van der Waals surface area contributed by atoms with E-state index in [1.165, 1.54) is 0 Å². The van der Waals surface area contributed by atoms with Crippen molar-refractivity contribution in [2.75, 3.05) is 52.9 Å². The van der Waals surface area contributed by atoms with Crippen LogP contribution in [0.5, 0.6) is 0 Å². The first-order valence-corrected chi connectivity index (χ1v) is 9.39. The molecule has 18 heteroatoms. The van der Waals surface area contributed by atoms with Gasteiger partial charge in [-0.15, -0.1) is 0 Å². The number of ether oxygens (including phenoxy) is 10. The Morgan fingerprint density at radius 3 is 0.824 bits per heavy atom. The molecule has 4 unspecified atom stereocenters. The maximum Gasteiger partial charge on any atom is 0.508 e. The van der Waals surface area contributed by atoms with Crippen molar-refractivity contribution in [1.82, 2.24) is 0 Å². The summed E-state index contributed by atoms with van der Waals surface area (Å²) in [5.74, 6) is 0. The first-order valence-electron chi connectivity index (χ1n) is 9.39. The van der Waals surface area contributed by atoms with Crippen LogP contribution in [0.4, 0.5) is 19.2 Å². The lowest BCUT2D eigenvalue weighted by Crippen LogP contribution is -2.41. The van der Waals surface area contributed by atoms with E-state index in [1.807, 2.05) is 0 Å². The molecule has 0 saturated carbocycles. The zero-order chi connectivity index (χ0) is 25.3. The lowest BCUT2D eigenvalue weighted by Gasteiger charge is -2.26. The van der Waals surface area contributed by atoms with Crippen molar-refractivity contribution in [3.8, 4) is 0 Å². The van der Waals surface area contributed by atoms with Gasteiger partial charge in [-0.2, -0.15) is 0 Å². The first kappa shape index (κ1) is 28.9. The number of rotatable bonds is 4. The predicted octanol–water partition coefficient (Wildman–Crippen LogP) is 0.182. The second-order valence-electron chi connectivity index (χ2n) is 5.72. The molecule has 1 aliphatic heterocycles. The molecule has 0 aromatic heterocycles. The minimum Gasteiger partial charge on any atom is -0.450 e. The van der Waals surface area contributed by atoms with Crippen LogP contribution in [0.3, 0.4) is 0 Å². The highest BCUT2D eigenvalue weighted by Crippen LogP contribution is 2.12. The lowest BCUT2D eigenvalue weighted by molar-refractivity contribution is -0.268. The molecule has 4 atom stereocenters. The molecule has 0 radical (unpaired) electrons. The van der Waals surface area contributed by atoms with Crippen LogP contribution in [-0.2, 0) is 47.4 Å². The Labute approximate surface area is 190 Å². The summed E-state index contributed by atoms with van der Waals surface area (Å²) in [6.07, 6.45) is -14.3. The van der Waals surface area contributed by atoms with E-state index in [-0.39, 0.29) is 52.9 Å². The van der Waals surface area contributed by atoms with Crippen LogP contribution >= 0.6 is 0 Å². The van der Waals surface area contributed by atoms with Crippen molar-refractivity contribution in [2.45, 2.75) is 25.2 Å². The van der Waals surface area contributed by atoms with E-state index < -0.39 is 49.8 Å². The van der Waals surface area contributed by atoms with Gasteiger partial charge >= 0.3 is 24.6 Å². The Morgan fingerprint density at radius 2 is 0.647 bits per heavy atom. The standard InChI is InChI=1S/C16H24O18/c17-13(18)31-9-10(32-14(19)20)29-7-3-26-4-8-30-12(34-16(23)24)11(33-15(21)22)28-6-2-25-1-5-27-9/h9-12H,1-8H2,(H,17,18)(H,19,20)(H,21,22)(H,23,24). The average Bonchev–Trinajstić information content (AvgIpc) is 2.72. The number of hydrogen-bond donors (Lipinski definition) is 4. The molecule has 1 rings (SSSR count). The van der Waals surface area contributed by atoms with Gasteiger partial charge in [-0.1, -0.05) is 0 Å². The summed E-state index contributed by atoms with van der Waals surface area (Å²) in [7, 11) is 0. The predicted molar refractivity (Wildman–Crippen MR) is 97.0 cm³/mol. The van der Waals surface area contributed by atoms with Crippen LogP contribution in [0.15, 0.2) is 0 Å². The highest BCUT2D eigenvalue weighted by molar-refractivity contribution is 5.58. The Bertz CT molecular complexity index is 533. The summed E-state index contributed by atoms with van der Waals surface area (Å²) in [5, 5.41) is 35.3. The molecule has 0 aromatic carbocycles. The summed E-state index contributed by atoms with van der Waals surface area (Å²) in [6.45, 7) is -2.05. The number of carbonyl (C=O) groups is 4. The van der Waals surface area contributed by atoms with Crippen molar-refractivity contribution in [2.24, 2.45) is 0 Å². The van der Waals surface area contributed by atoms with E-state index >= 15 is 0 Å². The quantitative estimate of drug-likeness (QED) is 0.295. The van der Waals surface area contributed by atoms with Crippen LogP contribution in [-0.4, -0.2) is 123 Å². The van der Waals surface area contributed by atoms with Crippen molar-refractivity contribution >= 4 is 24.6 Å². The van der Waals surface area contributed by atoms with E-state index in [0.29, 0.717) is 0 Å². The monoisotopic (exact) mass is 504 g/mol. The van der Waals surface area contributed by atoms with Crippen LogP contribution < -0.4 is 0 Å². The minimum atomic E-state index is -1.79. The fourth-order valence-corrected chi connectivity index (χ4v) is 2.17. The fraction of sp³-hybridized carbons (Fsp3) is 0.750. The summed E-state index contributed by atoms with van der Waals surface area (Å²) >= 11 is 0. The molecular weight excluding hydrogens is 480 g/mol. The van der Waals surface area contributed by atoms with Crippen LogP contribution in [0.25, 0.3) is 0 Å². The molecule has 0 amide bonds. The van der Waals surface area contributed by atoms with Gasteiger partial charge in [0.15, 0.2) is 0 Å². The Morgan fingerprint density at radius 1 is 0.441 bits per heavy atom. The second kappa shape index (κ2) is 16.5. The zero-order valence-electron chi connectivity index (χ0n) is 17.5. The van der Waals surface area contributed by atoms with E-state index in [4.69, 9.17) is 48.8 Å². The zero-order valence-corrected chi connectivity index (χ0v) is 17.5. The normalized spacial score (nSPS) is 26.1. The van der Waals surface area contributed by atoms with Crippen molar-refractivity contribution < 1.29 is 87.0 Å². The Balaban J connectivity index is 2.82. The maximum absolute atomic E-state index is 10.9. The molecule has 34 heavy (non-hydrogen) atoms. The van der Waals surface area contributed by atoms with E-state index in [9.17, 15) is 19.2 Å². The third-order valence-electron chi connectivity index (χ3n) is 3.35. The third kappa shape index (κ3) is 13.4. The van der Waals surface area contributed by atoms with Gasteiger partial charge in [-0.3, -0.25) is 0 Å². The first-order chi connectivity index (χ1) is 16.2. The molecule has 0 aromatic rings. The molecule has 1 aliphatic rings. The van der Waals surface area contributed by atoms with Crippen molar-refractivity contribution in [1.29, 1.82) is 0 Å². The van der Waals surface area contributed by atoms with Crippen molar-refractivity contribution in [3.05, 3.63) is 0 Å². The molecule has 0 aliphatic carbocycles. The van der Waals surface area contributed by atoms with Gasteiger partial charge < -0.3 is 67.8 Å². The van der Waals surface area contributed by atoms with Crippen LogP contribution in [0.1, 0.15) is 0 Å². The summed E-state index contributed by atoms with van der Waals surface area (Å²) < 4.78 is 48.5. The van der Waals surface area contributed by atoms with Gasteiger partial charge in [0.05, 0.1) is 52.9 Å². The van der Waals surface area contributed by atoms with Gasteiger partial charge in [0.25, 0.3) is 25.2 Å². The summed E-state index contributed by atoms with van der Waals surface area (Å²) in [4.78, 5) is 43.5. The smallest absolute Gasteiger partial charge is 0.450 e. The molecule has 1 heterocycles. The third-order valence-corrected chi connectivity index (χ3v) is 3.35. The fourth-order valence-electron chi connectivity index (χ4n) is 2.17. The number of hydrogen-bond acceptors (Lipinski definition) is 14. The van der Waals surface area contributed by atoms with Gasteiger partial charge in [0, 0.05) is 0 Å². The van der Waals surface area contributed by atoms with Gasteiger partial charge in [0.1, 0.15) is 0 Å². The van der Waals surface area contributed by atoms with E-state index in [2.05, 4.69) is 18.9 Å². The van der Waals surface area contributed by atoms with Crippen LogP contribution in [0.2, 0.25) is 0 Å². The topological polar surface area (TPSA) is 241 Å². The second-order valence-corrected chi connectivity index (χ2v) is 5.72. The summed E-state index contributed by atoms with van der Waals surface area (Å²) in [6, 6.07) is 0. The highest BCUT2D eigenvalue weighted by Gasteiger charge is 2.32. The Kier molecular flexibility index (Phi) is 14.0. The van der Waals surface area contributed by atoms with Crippen LogP contribution in [0, 0.1) is 0 Å². The molecule has 1 fully saturated rings. The van der Waals surface area contributed by atoms with Crippen molar-refractivity contribution in [3.63, 3.8) is 0 Å². The lowest BCUT2D eigenvalue weighted by atomic mass is 10.5. The van der Waals surface area contributed by atoms with E-state index in [0.717, 1.165) is 0 Å². The molecular formula is C16H24O18. The van der Waals surface area contributed by atoms with Gasteiger partial charge in [-0.25, -0.2) is 19.2 Å². The number of carboxylic acid groups (broad SMARTS) is 4. The molecule has 4 N–H and O–H groups in total. The summed E-state index contributed by atoms with van der Waals surface area (Å²) in [5.41, 5.74) is 0. The Hall–Kier alpha value is -3.16. The minimum absolute atomic E-state index is 0.193. The van der Waals surface area contributed by atoms with Gasteiger partial charge in [0.2, 0.25) is 0 Å². The largest absolute Gasteiger partial charge is 0.508 e.